The van der Waals surface area contributed by atoms with E-state index in [0.717, 1.165) is 31.0 Å². The van der Waals surface area contributed by atoms with E-state index >= 15 is 0 Å². The van der Waals surface area contributed by atoms with Gasteiger partial charge in [-0.15, -0.1) is 0 Å². The number of hydrogen-bond acceptors (Lipinski definition) is 4. The number of rotatable bonds is 7. The van der Waals surface area contributed by atoms with Crippen LogP contribution in [0.15, 0.2) is 18.2 Å². The molecule has 0 aliphatic carbocycles. The summed E-state index contributed by atoms with van der Waals surface area (Å²) in [5.41, 5.74) is 8.11. The summed E-state index contributed by atoms with van der Waals surface area (Å²) in [6, 6.07) is 6.17. The second-order valence-corrected chi connectivity index (χ2v) is 4.31. The maximum Gasteiger partial charge on any atom is 0.0626 e. The van der Waals surface area contributed by atoms with Gasteiger partial charge in [0.15, 0.2) is 0 Å². The number of aryl methyl sites for hydroxylation is 1. The molecule has 0 amide bonds. The van der Waals surface area contributed by atoms with Crippen LogP contribution in [0.1, 0.15) is 18.3 Å². The van der Waals surface area contributed by atoms with Crippen molar-refractivity contribution in [1.82, 2.24) is 9.88 Å². The number of hydrogen-bond donors (Lipinski definition) is 1. The van der Waals surface area contributed by atoms with E-state index in [1.54, 1.807) is 7.11 Å². The Morgan fingerprint density at radius 1 is 1.47 bits per heavy atom. The molecule has 1 rings (SSSR count). The van der Waals surface area contributed by atoms with Crippen molar-refractivity contribution in [2.75, 3.05) is 26.8 Å². The number of likely N-dealkylation sites (N-methyl/N-ethyl adjacent to an activating group) is 1. The third-order valence-corrected chi connectivity index (χ3v) is 2.65. The minimum absolute atomic E-state index is 0.0600. The smallest absolute Gasteiger partial charge is 0.0626 e. The summed E-state index contributed by atoms with van der Waals surface area (Å²) in [6.45, 7) is 7.38. The molecule has 96 valence electrons. The fourth-order valence-electron chi connectivity index (χ4n) is 1.82. The van der Waals surface area contributed by atoms with Crippen LogP contribution in [0, 0.1) is 6.92 Å². The van der Waals surface area contributed by atoms with Gasteiger partial charge < -0.3 is 10.5 Å². The van der Waals surface area contributed by atoms with E-state index in [9.17, 15) is 0 Å². The molecular weight excluding hydrogens is 214 g/mol. The summed E-state index contributed by atoms with van der Waals surface area (Å²) in [5.74, 6) is 0. The van der Waals surface area contributed by atoms with E-state index in [4.69, 9.17) is 10.5 Å². The van der Waals surface area contributed by atoms with Crippen molar-refractivity contribution in [2.24, 2.45) is 5.73 Å². The van der Waals surface area contributed by atoms with E-state index in [-0.39, 0.29) is 6.04 Å². The van der Waals surface area contributed by atoms with Gasteiger partial charge in [0.25, 0.3) is 0 Å². The Morgan fingerprint density at radius 3 is 2.82 bits per heavy atom. The molecule has 0 saturated heterocycles. The Hall–Kier alpha value is -0.970. The third kappa shape index (κ3) is 5.26. The standard InChI is InChI=1S/C13H23N3O/c1-4-16(8-12(14)10-17-3)9-13-7-5-6-11(2)15-13/h5-7,12H,4,8-10,14H2,1-3H3. The summed E-state index contributed by atoms with van der Waals surface area (Å²) < 4.78 is 5.05. The lowest BCUT2D eigenvalue weighted by molar-refractivity contribution is 0.152. The lowest BCUT2D eigenvalue weighted by Gasteiger charge is -2.23. The molecule has 0 spiro atoms. The fourth-order valence-corrected chi connectivity index (χ4v) is 1.82. The van der Waals surface area contributed by atoms with Gasteiger partial charge in [-0.1, -0.05) is 13.0 Å². The maximum atomic E-state index is 5.96. The molecule has 2 N–H and O–H groups in total. The first-order chi connectivity index (χ1) is 8.15. The van der Waals surface area contributed by atoms with E-state index in [2.05, 4.69) is 22.9 Å². The minimum Gasteiger partial charge on any atom is -0.383 e. The first-order valence-corrected chi connectivity index (χ1v) is 6.05. The van der Waals surface area contributed by atoms with Crippen molar-refractivity contribution in [3.8, 4) is 0 Å². The predicted octanol–water partition coefficient (Wildman–Crippen LogP) is 1.19. The lowest BCUT2D eigenvalue weighted by atomic mass is 10.2. The van der Waals surface area contributed by atoms with Crippen LogP contribution in [-0.2, 0) is 11.3 Å². The van der Waals surface area contributed by atoms with Crippen molar-refractivity contribution >= 4 is 0 Å². The lowest BCUT2D eigenvalue weighted by Crippen LogP contribution is -2.40. The number of ether oxygens (including phenoxy) is 1. The van der Waals surface area contributed by atoms with Gasteiger partial charge in [-0.25, -0.2) is 0 Å². The Balaban J connectivity index is 2.51. The van der Waals surface area contributed by atoms with Gasteiger partial charge in [0.2, 0.25) is 0 Å². The van der Waals surface area contributed by atoms with Crippen LogP contribution in [0.4, 0.5) is 0 Å². The third-order valence-electron chi connectivity index (χ3n) is 2.65. The van der Waals surface area contributed by atoms with Crippen molar-refractivity contribution in [1.29, 1.82) is 0 Å². The Bertz CT molecular complexity index is 330. The summed E-state index contributed by atoms with van der Waals surface area (Å²) >= 11 is 0. The second-order valence-electron chi connectivity index (χ2n) is 4.31. The zero-order chi connectivity index (χ0) is 12.7. The highest BCUT2D eigenvalue weighted by molar-refractivity contribution is 5.09. The van der Waals surface area contributed by atoms with E-state index in [0.29, 0.717) is 6.61 Å². The van der Waals surface area contributed by atoms with Crippen molar-refractivity contribution in [2.45, 2.75) is 26.4 Å². The molecule has 0 aliphatic heterocycles. The summed E-state index contributed by atoms with van der Waals surface area (Å²) in [5, 5.41) is 0. The van der Waals surface area contributed by atoms with Crippen LogP contribution in [0.5, 0.6) is 0 Å². The molecule has 4 heteroatoms. The van der Waals surface area contributed by atoms with Gasteiger partial charge in [0, 0.05) is 31.9 Å². The molecule has 0 radical (unpaired) electrons. The maximum absolute atomic E-state index is 5.96. The highest BCUT2D eigenvalue weighted by Gasteiger charge is 2.10. The topological polar surface area (TPSA) is 51.4 Å². The average Bonchev–Trinajstić information content (AvgIpc) is 2.28. The highest BCUT2D eigenvalue weighted by atomic mass is 16.5. The number of methoxy groups -OCH3 is 1. The number of nitrogens with two attached hydrogens (primary N) is 1. The zero-order valence-electron chi connectivity index (χ0n) is 11.0. The van der Waals surface area contributed by atoms with Crippen molar-refractivity contribution in [3.05, 3.63) is 29.6 Å². The Morgan fingerprint density at radius 2 is 2.24 bits per heavy atom. The Labute approximate surface area is 104 Å². The highest BCUT2D eigenvalue weighted by Crippen LogP contribution is 2.03. The largest absolute Gasteiger partial charge is 0.383 e. The van der Waals surface area contributed by atoms with Gasteiger partial charge in [0.1, 0.15) is 0 Å². The molecule has 1 atom stereocenters. The average molecular weight is 237 g/mol. The first kappa shape index (κ1) is 14.1. The molecule has 17 heavy (non-hydrogen) atoms. The van der Waals surface area contributed by atoms with Gasteiger partial charge in [-0.2, -0.15) is 0 Å². The van der Waals surface area contributed by atoms with E-state index in [1.165, 1.54) is 0 Å². The van der Waals surface area contributed by atoms with Crippen LogP contribution >= 0.6 is 0 Å². The summed E-state index contributed by atoms with van der Waals surface area (Å²) in [7, 11) is 1.68. The van der Waals surface area contributed by atoms with Crippen LogP contribution < -0.4 is 5.73 Å². The molecular formula is C13H23N3O. The number of nitrogens with zero attached hydrogens (tertiary/aromatic N) is 2. The molecule has 1 aromatic rings. The zero-order valence-corrected chi connectivity index (χ0v) is 11.0. The molecule has 1 heterocycles. The SMILES string of the molecule is CCN(Cc1cccc(C)n1)CC(N)COC. The molecule has 1 aromatic heterocycles. The van der Waals surface area contributed by atoms with Crippen molar-refractivity contribution in [3.63, 3.8) is 0 Å². The molecule has 0 saturated carbocycles. The van der Waals surface area contributed by atoms with Crippen molar-refractivity contribution < 1.29 is 4.74 Å². The van der Waals surface area contributed by atoms with Crippen LogP contribution in [0.2, 0.25) is 0 Å². The molecule has 0 bridgehead atoms. The van der Waals surface area contributed by atoms with Crippen LogP contribution in [-0.4, -0.2) is 42.7 Å². The Kier molecular flexibility index (Phi) is 6.11. The number of pyridine rings is 1. The number of aromatic nitrogens is 1. The molecule has 4 nitrogen and oxygen atoms in total. The second kappa shape index (κ2) is 7.37. The molecule has 0 aromatic carbocycles. The minimum atomic E-state index is 0.0600. The molecule has 0 aliphatic rings. The quantitative estimate of drug-likeness (QED) is 0.774. The van der Waals surface area contributed by atoms with E-state index < -0.39 is 0 Å². The molecule has 1 unspecified atom stereocenters. The normalized spacial score (nSPS) is 13.0. The first-order valence-electron chi connectivity index (χ1n) is 6.05. The van der Waals surface area contributed by atoms with Gasteiger partial charge in [0.05, 0.1) is 12.3 Å². The fraction of sp³-hybridized carbons (Fsp3) is 0.615. The van der Waals surface area contributed by atoms with Crippen LogP contribution in [0.3, 0.4) is 0 Å². The van der Waals surface area contributed by atoms with Gasteiger partial charge in [-0.05, 0) is 25.6 Å². The predicted molar refractivity (Wildman–Crippen MR) is 69.8 cm³/mol. The molecule has 0 fully saturated rings. The van der Waals surface area contributed by atoms with Crippen LogP contribution in [0.25, 0.3) is 0 Å². The summed E-state index contributed by atoms with van der Waals surface area (Å²) in [6.07, 6.45) is 0. The summed E-state index contributed by atoms with van der Waals surface area (Å²) in [4.78, 5) is 6.78. The van der Waals surface area contributed by atoms with E-state index in [1.807, 2.05) is 19.1 Å². The van der Waals surface area contributed by atoms with Gasteiger partial charge >= 0.3 is 0 Å². The monoisotopic (exact) mass is 237 g/mol. The van der Waals surface area contributed by atoms with Gasteiger partial charge in [-0.3, -0.25) is 9.88 Å².